The maximum atomic E-state index is 12.6. The van der Waals surface area contributed by atoms with Gasteiger partial charge in [-0.25, -0.2) is 9.79 Å². The molecule has 0 bridgehead atoms. The lowest BCUT2D eigenvalue weighted by atomic mass is 9.94. The SMILES string of the molecule is COC(=O)C1=C(C)N=C2SCCCN2C1c1ccc(NC(=O)CCC2CCCC2)cc1. The van der Waals surface area contributed by atoms with E-state index in [0.717, 1.165) is 41.6 Å². The number of ether oxygens (including phenoxy) is 1. The third-order valence-corrected chi connectivity index (χ3v) is 7.51. The number of hydrogen-bond donors (Lipinski definition) is 1. The van der Waals surface area contributed by atoms with Crippen LogP contribution in [0, 0.1) is 5.92 Å². The lowest BCUT2D eigenvalue weighted by Gasteiger charge is -2.40. The van der Waals surface area contributed by atoms with Gasteiger partial charge in [0.25, 0.3) is 0 Å². The molecule has 4 rings (SSSR count). The quantitative estimate of drug-likeness (QED) is 0.636. The van der Waals surface area contributed by atoms with Crippen LogP contribution in [0.2, 0.25) is 0 Å². The highest BCUT2D eigenvalue weighted by Crippen LogP contribution is 2.40. The van der Waals surface area contributed by atoms with Crippen molar-refractivity contribution in [1.82, 2.24) is 4.90 Å². The molecule has 1 unspecified atom stereocenters. The van der Waals surface area contributed by atoms with Gasteiger partial charge in [-0.05, 0) is 43.4 Å². The molecule has 0 spiro atoms. The molecule has 0 aromatic heterocycles. The van der Waals surface area contributed by atoms with E-state index in [4.69, 9.17) is 4.74 Å². The molecule has 1 N–H and O–H groups in total. The fourth-order valence-corrected chi connectivity index (χ4v) is 5.81. The van der Waals surface area contributed by atoms with E-state index in [-0.39, 0.29) is 17.9 Å². The molecule has 1 aromatic carbocycles. The number of amides is 1. The first-order valence-electron chi connectivity index (χ1n) is 11.2. The Morgan fingerprint density at radius 3 is 2.65 bits per heavy atom. The summed E-state index contributed by atoms with van der Waals surface area (Å²) in [6, 6.07) is 7.62. The van der Waals surface area contributed by atoms with Gasteiger partial charge in [0.1, 0.15) is 0 Å². The minimum Gasteiger partial charge on any atom is -0.466 e. The largest absolute Gasteiger partial charge is 0.466 e. The predicted molar refractivity (Wildman–Crippen MR) is 125 cm³/mol. The zero-order chi connectivity index (χ0) is 21.8. The lowest BCUT2D eigenvalue weighted by Crippen LogP contribution is -2.42. The van der Waals surface area contributed by atoms with Crippen molar-refractivity contribution in [3.05, 3.63) is 41.1 Å². The Kier molecular flexibility index (Phi) is 7.00. The van der Waals surface area contributed by atoms with Gasteiger partial charge in [-0.3, -0.25) is 4.79 Å². The van der Waals surface area contributed by atoms with Gasteiger partial charge in [0, 0.05) is 24.4 Å². The summed E-state index contributed by atoms with van der Waals surface area (Å²) in [6.45, 7) is 2.72. The summed E-state index contributed by atoms with van der Waals surface area (Å²) in [6.07, 6.45) is 7.74. The molecule has 2 aliphatic heterocycles. The molecule has 7 heteroatoms. The van der Waals surface area contributed by atoms with Gasteiger partial charge >= 0.3 is 5.97 Å². The topological polar surface area (TPSA) is 71.0 Å². The van der Waals surface area contributed by atoms with Crippen LogP contribution >= 0.6 is 11.8 Å². The number of anilines is 1. The fourth-order valence-electron chi connectivity index (χ4n) is 4.79. The van der Waals surface area contributed by atoms with Crippen LogP contribution in [-0.4, -0.2) is 41.4 Å². The second kappa shape index (κ2) is 9.90. The molecule has 0 radical (unpaired) electrons. The van der Waals surface area contributed by atoms with Crippen LogP contribution in [0.4, 0.5) is 5.69 Å². The molecule has 1 atom stereocenters. The van der Waals surface area contributed by atoms with Gasteiger partial charge in [-0.15, -0.1) is 0 Å². The molecule has 166 valence electrons. The summed E-state index contributed by atoms with van der Waals surface area (Å²) >= 11 is 1.73. The number of esters is 1. The summed E-state index contributed by atoms with van der Waals surface area (Å²) in [5.74, 6) is 1.48. The molecule has 1 saturated heterocycles. The van der Waals surface area contributed by atoms with Gasteiger partial charge in [0.15, 0.2) is 5.17 Å². The molecule has 1 aliphatic carbocycles. The van der Waals surface area contributed by atoms with E-state index >= 15 is 0 Å². The zero-order valence-corrected chi connectivity index (χ0v) is 19.2. The van der Waals surface area contributed by atoms with Crippen molar-refractivity contribution in [2.75, 3.05) is 24.7 Å². The van der Waals surface area contributed by atoms with E-state index in [9.17, 15) is 9.59 Å². The third kappa shape index (κ3) is 4.97. The van der Waals surface area contributed by atoms with Crippen LogP contribution in [0.1, 0.15) is 63.5 Å². The van der Waals surface area contributed by atoms with Crippen molar-refractivity contribution in [3.63, 3.8) is 0 Å². The Bertz CT molecular complexity index is 888. The summed E-state index contributed by atoms with van der Waals surface area (Å²) in [5, 5.41) is 3.99. The van der Waals surface area contributed by atoms with Crippen LogP contribution in [-0.2, 0) is 14.3 Å². The second-order valence-corrected chi connectivity index (χ2v) is 9.60. The predicted octanol–water partition coefficient (Wildman–Crippen LogP) is 4.89. The molecule has 1 amide bonds. The lowest BCUT2D eigenvalue weighted by molar-refractivity contribution is -0.137. The number of aliphatic imine (C=N–C) groups is 1. The number of nitrogens with zero attached hydrogens (tertiary/aromatic N) is 2. The van der Waals surface area contributed by atoms with Crippen LogP contribution in [0.15, 0.2) is 40.5 Å². The van der Waals surface area contributed by atoms with Gasteiger partial charge in [0.2, 0.25) is 5.91 Å². The molecule has 2 fully saturated rings. The zero-order valence-electron chi connectivity index (χ0n) is 18.4. The number of carbonyl (C=O) groups excluding carboxylic acids is 2. The normalized spacial score (nSPS) is 21.5. The second-order valence-electron chi connectivity index (χ2n) is 8.54. The Morgan fingerprint density at radius 2 is 1.94 bits per heavy atom. The van der Waals surface area contributed by atoms with Gasteiger partial charge in [0.05, 0.1) is 24.4 Å². The molecule has 3 aliphatic rings. The van der Waals surface area contributed by atoms with Gasteiger partial charge < -0.3 is 15.0 Å². The van der Waals surface area contributed by atoms with Crippen LogP contribution < -0.4 is 5.32 Å². The number of rotatable bonds is 6. The summed E-state index contributed by atoms with van der Waals surface area (Å²) < 4.78 is 5.08. The Balaban J connectivity index is 1.49. The van der Waals surface area contributed by atoms with E-state index < -0.39 is 0 Å². The Labute approximate surface area is 188 Å². The number of hydrogen-bond acceptors (Lipinski definition) is 6. The van der Waals surface area contributed by atoms with Crippen LogP contribution in [0.5, 0.6) is 0 Å². The van der Waals surface area contributed by atoms with Crippen molar-refractivity contribution in [3.8, 4) is 0 Å². The highest BCUT2D eigenvalue weighted by molar-refractivity contribution is 8.13. The van der Waals surface area contributed by atoms with Crippen molar-refractivity contribution in [2.45, 2.75) is 57.9 Å². The smallest absolute Gasteiger partial charge is 0.338 e. The summed E-state index contributed by atoms with van der Waals surface area (Å²) in [4.78, 5) is 31.8. The molecule has 1 saturated carbocycles. The standard InChI is InChI=1S/C24H31N3O3S/c1-16-21(23(29)30-2)22(27-14-5-15-31-24(27)25-16)18-9-11-19(12-10-18)26-20(28)13-8-17-6-3-4-7-17/h9-12,17,22H,3-8,13-15H2,1-2H3,(H,26,28). The molecule has 1 aromatic rings. The Morgan fingerprint density at radius 1 is 1.19 bits per heavy atom. The number of methoxy groups -OCH3 is 1. The highest BCUT2D eigenvalue weighted by atomic mass is 32.2. The minimum absolute atomic E-state index is 0.0742. The van der Waals surface area contributed by atoms with Crippen molar-refractivity contribution < 1.29 is 14.3 Å². The van der Waals surface area contributed by atoms with E-state index in [0.29, 0.717) is 23.6 Å². The summed E-state index contributed by atoms with van der Waals surface area (Å²) in [7, 11) is 1.41. The monoisotopic (exact) mass is 441 g/mol. The molecular formula is C24H31N3O3S. The van der Waals surface area contributed by atoms with E-state index in [1.54, 1.807) is 11.8 Å². The average Bonchev–Trinajstić information content (AvgIpc) is 3.31. The molecular weight excluding hydrogens is 410 g/mol. The molecule has 2 heterocycles. The number of allylic oxidation sites excluding steroid dienone is 1. The molecule has 31 heavy (non-hydrogen) atoms. The van der Waals surface area contributed by atoms with E-state index in [2.05, 4.69) is 15.2 Å². The van der Waals surface area contributed by atoms with Crippen molar-refractivity contribution >= 4 is 34.5 Å². The first-order valence-corrected chi connectivity index (χ1v) is 12.2. The first-order chi connectivity index (χ1) is 15.1. The van der Waals surface area contributed by atoms with Crippen LogP contribution in [0.25, 0.3) is 0 Å². The van der Waals surface area contributed by atoms with E-state index in [1.165, 1.54) is 32.8 Å². The van der Waals surface area contributed by atoms with Crippen molar-refractivity contribution in [1.29, 1.82) is 0 Å². The van der Waals surface area contributed by atoms with E-state index in [1.807, 2.05) is 31.2 Å². The maximum Gasteiger partial charge on any atom is 0.338 e. The number of nitrogens with one attached hydrogen (secondary N) is 1. The number of benzene rings is 1. The van der Waals surface area contributed by atoms with Crippen molar-refractivity contribution in [2.24, 2.45) is 10.9 Å². The number of thioether (sulfide) groups is 1. The van der Waals surface area contributed by atoms with Gasteiger partial charge in [-0.2, -0.15) is 0 Å². The first kappa shape index (κ1) is 21.9. The molecule has 6 nitrogen and oxygen atoms in total. The minimum atomic E-state index is -0.342. The summed E-state index contributed by atoms with van der Waals surface area (Å²) in [5.41, 5.74) is 3.08. The number of amidine groups is 1. The average molecular weight is 442 g/mol. The highest BCUT2D eigenvalue weighted by Gasteiger charge is 2.37. The number of fused-ring (bicyclic) bond motifs is 1. The van der Waals surface area contributed by atoms with Gasteiger partial charge in [-0.1, -0.05) is 49.6 Å². The number of carbonyl (C=O) groups is 2. The van der Waals surface area contributed by atoms with Crippen LogP contribution in [0.3, 0.4) is 0 Å². The fraction of sp³-hybridized carbons (Fsp3) is 0.542. The Hall–Kier alpha value is -2.28. The maximum absolute atomic E-state index is 12.6. The third-order valence-electron chi connectivity index (χ3n) is 6.43.